The van der Waals surface area contributed by atoms with Crippen molar-refractivity contribution in [2.75, 3.05) is 11.9 Å². The molecule has 0 aliphatic rings. The van der Waals surface area contributed by atoms with E-state index in [4.69, 9.17) is 10.4 Å². The lowest BCUT2D eigenvalue weighted by Crippen LogP contribution is -2.18. The zero-order valence-electron chi connectivity index (χ0n) is 13.7. The van der Waals surface area contributed by atoms with Crippen LogP contribution in [-0.2, 0) is 11.2 Å². The summed E-state index contributed by atoms with van der Waals surface area (Å²) in [6.45, 7) is 0.551. The third kappa shape index (κ3) is 5.46. The van der Waals surface area contributed by atoms with Gasteiger partial charge in [-0.25, -0.2) is 4.79 Å². The van der Waals surface area contributed by atoms with E-state index in [0.29, 0.717) is 12.2 Å². The SMILES string of the molecule is N#C/C(=C/NCCc1ccccc1Br)C(=O)Nc1cccc(C(=O)O)c1. The van der Waals surface area contributed by atoms with Gasteiger partial charge in [-0.2, -0.15) is 5.26 Å². The Morgan fingerprint density at radius 2 is 1.96 bits per heavy atom. The molecule has 1 amide bonds. The molecule has 0 aliphatic heterocycles. The number of amides is 1. The number of hydrogen-bond donors (Lipinski definition) is 3. The number of hydrogen-bond acceptors (Lipinski definition) is 4. The lowest BCUT2D eigenvalue weighted by atomic mass is 10.1. The zero-order chi connectivity index (χ0) is 18.9. The minimum atomic E-state index is -1.09. The lowest BCUT2D eigenvalue weighted by molar-refractivity contribution is -0.112. The number of nitrogens with zero attached hydrogens (tertiary/aromatic N) is 1. The molecule has 26 heavy (non-hydrogen) atoms. The Morgan fingerprint density at radius 1 is 1.19 bits per heavy atom. The van der Waals surface area contributed by atoms with E-state index in [1.54, 1.807) is 6.07 Å². The second-order valence-corrected chi connectivity index (χ2v) is 6.16. The second-order valence-electron chi connectivity index (χ2n) is 5.31. The summed E-state index contributed by atoms with van der Waals surface area (Å²) in [7, 11) is 0. The molecule has 2 aromatic rings. The van der Waals surface area contributed by atoms with Crippen molar-refractivity contribution in [2.24, 2.45) is 0 Å². The van der Waals surface area contributed by atoms with E-state index in [1.165, 1.54) is 24.4 Å². The van der Waals surface area contributed by atoms with Crippen LogP contribution in [0.2, 0.25) is 0 Å². The summed E-state index contributed by atoms with van der Waals surface area (Å²) in [4.78, 5) is 23.1. The van der Waals surface area contributed by atoms with Gasteiger partial charge in [0.15, 0.2) is 0 Å². The molecule has 7 heteroatoms. The number of carboxylic acid groups (broad SMARTS) is 1. The third-order valence-corrected chi connectivity index (χ3v) is 4.25. The van der Waals surface area contributed by atoms with Gasteiger partial charge in [0.25, 0.3) is 5.91 Å². The van der Waals surface area contributed by atoms with Crippen molar-refractivity contribution >= 4 is 33.5 Å². The van der Waals surface area contributed by atoms with Gasteiger partial charge in [-0.15, -0.1) is 0 Å². The summed E-state index contributed by atoms with van der Waals surface area (Å²) < 4.78 is 1.00. The smallest absolute Gasteiger partial charge is 0.335 e. The van der Waals surface area contributed by atoms with E-state index in [-0.39, 0.29) is 11.1 Å². The van der Waals surface area contributed by atoms with Crippen LogP contribution in [0.25, 0.3) is 0 Å². The van der Waals surface area contributed by atoms with E-state index >= 15 is 0 Å². The van der Waals surface area contributed by atoms with Crippen molar-refractivity contribution in [1.29, 1.82) is 5.26 Å². The Hall–Kier alpha value is -3.11. The summed E-state index contributed by atoms with van der Waals surface area (Å²) in [5, 5.41) is 23.6. The monoisotopic (exact) mass is 413 g/mol. The summed E-state index contributed by atoms with van der Waals surface area (Å²) in [6, 6.07) is 15.5. The maximum absolute atomic E-state index is 12.1. The van der Waals surface area contributed by atoms with E-state index in [2.05, 4.69) is 26.6 Å². The van der Waals surface area contributed by atoms with Gasteiger partial charge >= 0.3 is 5.97 Å². The second kappa shape index (κ2) is 9.39. The number of rotatable bonds is 7. The maximum atomic E-state index is 12.1. The number of halogens is 1. The first kappa shape index (κ1) is 19.2. The highest BCUT2D eigenvalue weighted by molar-refractivity contribution is 9.10. The molecule has 0 heterocycles. The molecule has 0 atom stereocenters. The average molecular weight is 414 g/mol. The predicted molar refractivity (Wildman–Crippen MR) is 102 cm³/mol. The highest BCUT2D eigenvalue weighted by Gasteiger charge is 2.10. The van der Waals surface area contributed by atoms with Crippen LogP contribution < -0.4 is 10.6 Å². The zero-order valence-corrected chi connectivity index (χ0v) is 15.3. The van der Waals surface area contributed by atoms with Crippen molar-refractivity contribution in [3.05, 3.63) is 75.9 Å². The first-order valence-corrected chi connectivity index (χ1v) is 8.52. The standard InChI is InChI=1S/C19H16BrN3O3/c20-17-7-2-1-4-13(17)8-9-22-12-15(11-21)18(24)23-16-6-3-5-14(10-16)19(25)26/h1-7,10,12,22H,8-9H2,(H,23,24)(H,25,26)/b15-12-. The molecule has 0 aliphatic carbocycles. The molecular weight excluding hydrogens is 398 g/mol. The molecule has 0 fully saturated rings. The predicted octanol–water partition coefficient (Wildman–Crippen LogP) is 3.33. The van der Waals surface area contributed by atoms with Gasteiger partial charge in [0.05, 0.1) is 5.56 Å². The van der Waals surface area contributed by atoms with Crippen LogP contribution in [0, 0.1) is 11.3 Å². The molecule has 0 bridgehead atoms. The van der Waals surface area contributed by atoms with Crippen LogP contribution in [0.15, 0.2) is 64.8 Å². The Kier molecular flexibility index (Phi) is 6.94. The van der Waals surface area contributed by atoms with Gasteiger partial charge < -0.3 is 15.7 Å². The first-order valence-electron chi connectivity index (χ1n) is 7.73. The molecule has 0 radical (unpaired) electrons. The Morgan fingerprint density at radius 3 is 2.65 bits per heavy atom. The first-order chi connectivity index (χ1) is 12.5. The van der Waals surface area contributed by atoms with Crippen molar-refractivity contribution in [1.82, 2.24) is 5.32 Å². The number of anilines is 1. The normalized spacial score (nSPS) is 10.7. The van der Waals surface area contributed by atoms with Gasteiger partial charge in [0, 0.05) is 22.9 Å². The van der Waals surface area contributed by atoms with E-state index < -0.39 is 11.9 Å². The third-order valence-electron chi connectivity index (χ3n) is 3.48. The summed E-state index contributed by atoms with van der Waals surface area (Å²) in [5.41, 5.74) is 1.38. The number of carbonyl (C=O) groups is 2. The molecule has 0 spiro atoms. The van der Waals surface area contributed by atoms with Gasteiger partial charge in [-0.05, 0) is 36.2 Å². The number of carboxylic acids is 1. The largest absolute Gasteiger partial charge is 0.478 e. The Bertz CT molecular complexity index is 888. The van der Waals surface area contributed by atoms with E-state index in [1.807, 2.05) is 30.3 Å². The highest BCUT2D eigenvalue weighted by Crippen LogP contribution is 2.16. The fourth-order valence-electron chi connectivity index (χ4n) is 2.16. The van der Waals surface area contributed by atoms with Crippen LogP contribution in [0.5, 0.6) is 0 Å². The van der Waals surface area contributed by atoms with Gasteiger partial charge in [0.2, 0.25) is 0 Å². The number of nitrogens with one attached hydrogen (secondary N) is 2. The van der Waals surface area contributed by atoms with E-state index in [0.717, 1.165) is 16.5 Å². The number of aromatic carboxylic acids is 1. The Labute approximate surface area is 159 Å². The van der Waals surface area contributed by atoms with E-state index in [9.17, 15) is 9.59 Å². The average Bonchev–Trinajstić information content (AvgIpc) is 2.63. The molecule has 0 aromatic heterocycles. The minimum absolute atomic E-state index is 0.0526. The molecular formula is C19H16BrN3O3. The highest BCUT2D eigenvalue weighted by atomic mass is 79.9. The van der Waals surface area contributed by atoms with Crippen LogP contribution >= 0.6 is 15.9 Å². The number of carbonyl (C=O) groups excluding carboxylic acids is 1. The van der Waals surface area contributed by atoms with Crippen LogP contribution in [0.4, 0.5) is 5.69 Å². The molecule has 0 saturated heterocycles. The summed E-state index contributed by atoms with van der Waals surface area (Å²) >= 11 is 3.47. The van der Waals surface area contributed by atoms with Crippen molar-refractivity contribution in [3.63, 3.8) is 0 Å². The molecule has 2 aromatic carbocycles. The van der Waals surface area contributed by atoms with Crippen molar-refractivity contribution in [2.45, 2.75) is 6.42 Å². The fourth-order valence-corrected chi connectivity index (χ4v) is 2.64. The van der Waals surface area contributed by atoms with Crippen molar-refractivity contribution in [3.8, 4) is 6.07 Å². The lowest BCUT2D eigenvalue weighted by Gasteiger charge is -2.07. The molecule has 0 unspecified atom stereocenters. The summed E-state index contributed by atoms with van der Waals surface area (Å²) in [6.07, 6.45) is 2.08. The van der Waals surface area contributed by atoms with Gasteiger partial charge in [-0.3, -0.25) is 4.79 Å². The number of benzene rings is 2. The van der Waals surface area contributed by atoms with Gasteiger partial charge in [-0.1, -0.05) is 40.2 Å². The molecule has 2 rings (SSSR count). The topological polar surface area (TPSA) is 102 Å². The Balaban J connectivity index is 1.94. The van der Waals surface area contributed by atoms with Gasteiger partial charge in [0.1, 0.15) is 11.6 Å². The van der Waals surface area contributed by atoms with Crippen LogP contribution in [0.1, 0.15) is 15.9 Å². The summed E-state index contributed by atoms with van der Waals surface area (Å²) in [5.74, 6) is -1.70. The molecule has 0 saturated carbocycles. The minimum Gasteiger partial charge on any atom is -0.478 e. The molecule has 6 nitrogen and oxygen atoms in total. The van der Waals surface area contributed by atoms with Crippen molar-refractivity contribution < 1.29 is 14.7 Å². The maximum Gasteiger partial charge on any atom is 0.335 e. The molecule has 3 N–H and O–H groups in total. The quantitative estimate of drug-likeness (QED) is 0.367. The number of nitriles is 1. The fraction of sp³-hybridized carbons (Fsp3) is 0.105. The molecule has 132 valence electrons. The van der Waals surface area contributed by atoms with Crippen LogP contribution in [-0.4, -0.2) is 23.5 Å². The van der Waals surface area contributed by atoms with Crippen LogP contribution in [0.3, 0.4) is 0 Å².